The first-order chi connectivity index (χ1) is 16.8. The molecule has 1 atom stereocenters. The van der Waals surface area contributed by atoms with Crippen LogP contribution < -0.4 is 10.5 Å². The Bertz CT molecular complexity index is 1150. The van der Waals surface area contributed by atoms with Crippen LogP contribution in [0.1, 0.15) is 63.1 Å². The Morgan fingerprint density at radius 2 is 2.06 bits per heavy atom. The highest BCUT2D eigenvalue weighted by Gasteiger charge is 2.34. The zero-order valence-corrected chi connectivity index (χ0v) is 22.4. The van der Waals surface area contributed by atoms with Gasteiger partial charge in [-0.05, 0) is 51.7 Å². The largest absolute Gasteiger partial charge is 0.466 e. The fourth-order valence-electron chi connectivity index (χ4n) is 4.53. The third-order valence-corrected chi connectivity index (χ3v) is 7.77. The first-order valence-corrected chi connectivity index (χ1v) is 13.4. The third-order valence-electron chi connectivity index (χ3n) is 6.39. The number of thiocarbonyl (C=S) groups is 1. The number of anilines is 1. The molecule has 2 aliphatic heterocycles. The molecule has 0 saturated carbocycles. The molecule has 35 heavy (non-hydrogen) atoms. The molecule has 1 unspecified atom stereocenters. The molecular formula is C25H32N4O4S2. The van der Waals surface area contributed by atoms with Crippen molar-refractivity contribution in [1.82, 2.24) is 9.47 Å². The van der Waals surface area contributed by atoms with E-state index in [-0.39, 0.29) is 28.9 Å². The minimum absolute atomic E-state index is 0.0704. The average Bonchev–Trinajstić information content (AvgIpc) is 3.12. The fraction of sp³-hybridized carbons (Fsp3) is 0.560. The molecule has 3 heterocycles. The summed E-state index contributed by atoms with van der Waals surface area (Å²) in [6.07, 6.45) is 4.87. The van der Waals surface area contributed by atoms with E-state index < -0.39 is 0 Å². The zero-order valence-electron chi connectivity index (χ0n) is 20.8. The Balaban J connectivity index is 2.22. The van der Waals surface area contributed by atoms with Gasteiger partial charge >= 0.3 is 5.97 Å². The zero-order chi connectivity index (χ0) is 25.7. The highest BCUT2D eigenvalue weighted by atomic mass is 32.2. The number of carbonyl (C=O) groups is 2. The molecular weight excluding hydrogens is 484 g/mol. The van der Waals surface area contributed by atoms with Crippen LogP contribution in [0.3, 0.4) is 0 Å². The summed E-state index contributed by atoms with van der Waals surface area (Å²) >= 11 is 6.60. The van der Waals surface area contributed by atoms with Crippen LogP contribution in [0.5, 0.6) is 0 Å². The summed E-state index contributed by atoms with van der Waals surface area (Å²) < 4.78 is 7.41. The lowest BCUT2D eigenvalue weighted by molar-refractivity contribution is -0.148. The summed E-state index contributed by atoms with van der Waals surface area (Å²) in [4.78, 5) is 43.0. The standard InChI is InChI=1S/C25H32N4O4S2/c1-5-8-12-29-21(27-11-9-10-17(15-27)24(32)33-7-3)18(16(4)19(14-26)22(29)30)13-20-23(31)28(6-2)25(34)35-20/h13,17H,5-12,15H2,1-4H3/b20-13+. The summed E-state index contributed by atoms with van der Waals surface area (Å²) in [7, 11) is 0. The first kappa shape index (κ1) is 27.0. The molecule has 2 aliphatic rings. The Kier molecular flexibility index (Phi) is 9.14. The predicted octanol–water partition coefficient (Wildman–Crippen LogP) is 3.83. The molecule has 8 nitrogen and oxygen atoms in total. The second-order valence-corrected chi connectivity index (χ2v) is 10.3. The first-order valence-electron chi connectivity index (χ1n) is 12.1. The van der Waals surface area contributed by atoms with Gasteiger partial charge in [-0.15, -0.1) is 0 Å². The summed E-state index contributed by atoms with van der Waals surface area (Å²) in [6, 6.07) is 2.08. The van der Waals surface area contributed by atoms with E-state index in [0.717, 1.165) is 19.3 Å². The van der Waals surface area contributed by atoms with Gasteiger partial charge in [-0.3, -0.25) is 23.9 Å². The minimum Gasteiger partial charge on any atom is -0.466 e. The topological polar surface area (TPSA) is 95.6 Å². The average molecular weight is 517 g/mol. The van der Waals surface area contributed by atoms with Crippen molar-refractivity contribution in [3.8, 4) is 6.07 Å². The van der Waals surface area contributed by atoms with Crippen LogP contribution in [0.2, 0.25) is 0 Å². The Hall–Kier alpha value is -2.64. The van der Waals surface area contributed by atoms with Crippen LogP contribution >= 0.6 is 24.0 Å². The maximum Gasteiger partial charge on any atom is 0.310 e. The molecule has 1 aromatic rings. The molecule has 2 saturated heterocycles. The number of carbonyl (C=O) groups excluding carboxylic acids is 2. The normalized spacial score (nSPS) is 19.4. The van der Waals surface area contributed by atoms with E-state index in [1.54, 1.807) is 24.5 Å². The lowest BCUT2D eigenvalue weighted by atomic mass is 9.96. The molecule has 1 amide bonds. The molecule has 2 fully saturated rings. The number of piperidine rings is 1. The van der Waals surface area contributed by atoms with Crippen molar-refractivity contribution in [3.63, 3.8) is 0 Å². The monoisotopic (exact) mass is 516 g/mol. The number of rotatable bonds is 8. The number of likely N-dealkylation sites (N-methyl/N-ethyl adjacent to an activating group) is 1. The number of amides is 1. The van der Waals surface area contributed by atoms with Crippen LogP contribution in [-0.4, -0.2) is 51.9 Å². The van der Waals surface area contributed by atoms with Gasteiger partial charge in [-0.1, -0.05) is 37.3 Å². The van der Waals surface area contributed by atoms with Gasteiger partial charge in [0, 0.05) is 31.7 Å². The summed E-state index contributed by atoms with van der Waals surface area (Å²) in [5.74, 6) is -0.0765. The quantitative estimate of drug-likeness (QED) is 0.292. The molecule has 10 heteroatoms. The van der Waals surface area contributed by atoms with E-state index in [1.165, 1.54) is 16.7 Å². The van der Waals surface area contributed by atoms with Crippen molar-refractivity contribution in [2.45, 2.75) is 59.9 Å². The number of hydrogen-bond donors (Lipinski definition) is 0. The highest BCUT2D eigenvalue weighted by Crippen LogP contribution is 2.36. The third kappa shape index (κ3) is 5.46. The van der Waals surface area contributed by atoms with E-state index in [1.807, 2.05) is 18.7 Å². The van der Waals surface area contributed by atoms with Crippen LogP contribution in [-0.2, 0) is 20.9 Å². The Labute approximate surface area is 215 Å². The minimum atomic E-state index is -0.343. The van der Waals surface area contributed by atoms with E-state index >= 15 is 0 Å². The van der Waals surface area contributed by atoms with E-state index in [2.05, 4.69) is 6.07 Å². The number of esters is 1. The fourth-order valence-corrected chi connectivity index (χ4v) is 5.90. The summed E-state index contributed by atoms with van der Waals surface area (Å²) in [5, 5.41) is 9.82. The van der Waals surface area contributed by atoms with E-state index in [0.29, 0.717) is 65.4 Å². The Morgan fingerprint density at radius 1 is 1.31 bits per heavy atom. The maximum absolute atomic E-state index is 13.4. The molecule has 0 aromatic carbocycles. The van der Waals surface area contributed by atoms with Crippen LogP contribution in [0.15, 0.2) is 9.70 Å². The number of aromatic nitrogens is 1. The SMILES string of the molecule is CCCCn1c(N2CCCC(C(=O)OCC)C2)c(/C=C2/SC(=S)N(CC)C2=O)c(C)c(C#N)c1=O. The van der Waals surface area contributed by atoms with Gasteiger partial charge < -0.3 is 9.64 Å². The van der Waals surface area contributed by atoms with Gasteiger partial charge in [0.05, 0.1) is 17.4 Å². The van der Waals surface area contributed by atoms with E-state index in [4.69, 9.17) is 17.0 Å². The molecule has 0 spiro atoms. The van der Waals surface area contributed by atoms with Crippen molar-refractivity contribution < 1.29 is 14.3 Å². The maximum atomic E-state index is 13.4. The van der Waals surface area contributed by atoms with Crippen molar-refractivity contribution in [1.29, 1.82) is 5.26 Å². The molecule has 0 bridgehead atoms. The molecule has 1 aromatic heterocycles. The molecule has 188 valence electrons. The second kappa shape index (κ2) is 11.9. The van der Waals surface area contributed by atoms with Crippen molar-refractivity contribution in [2.24, 2.45) is 5.92 Å². The number of nitriles is 1. The molecule has 0 aliphatic carbocycles. The molecule has 0 N–H and O–H groups in total. The summed E-state index contributed by atoms with van der Waals surface area (Å²) in [6.45, 7) is 9.73. The number of unbranched alkanes of at least 4 members (excludes halogenated alkanes) is 1. The highest BCUT2D eigenvalue weighted by molar-refractivity contribution is 8.26. The number of thioether (sulfide) groups is 1. The number of ether oxygens (including phenoxy) is 1. The van der Waals surface area contributed by atoms with Crippen LogP contribution in [0, 0.1) is 24.2 Å². The van der Waals surface area contributed by atoms with Gasteiger partial charge in [0.2, 0.25) is 0 Å². The molecule has 3 rings (SSSR count). The smallest absolute Gasteiger partial charge is 0.310 e. The van der Waals surface area contributed by atoms with Crippen molar-refractivity contribution >= 4 is 52.1 Å². The molecule has 0 radical (unpaired) electrons. The predicted molar refractivity (Wildman–Crippen MR) is 142 cm³/mol. The van der Waals surface area contributed by atoms with Gasteiger partial charge in [0.25, 0.3) is 11.5 Å². The van der Waals surface area contributed by atoms with Gasteiger partial charge in [-0.2, -0.15) is 5.26 Å². The number of pyridine rings is 1. The van der Waals surface area contributed by atoms with Crippen molar-refractivity contribution in [3.05, 3.63) is 31.9 Å². The van der Waals surface area contributed by atoms with Gasteiger partial charge in [0.1, 0.15) is 21.8 Å². The van der Waals surface area contributed by atoms with Crippen LogP contribution in [0.4, 0.5) is 5.82 Å². The lowest BCUT2D eigenvalue weighted by Gasteiger charge is -2.36. The van der Waals surface area contributed by atoms with Crippen molar-refractivity contribution in [2.75, 3.05) is 31.1 Å². The van der Waals surface area contributed by atoms with Gasteiger partial charge in [-0.25, -0.2) is 0 Å². The Morgan fingerprint density at radius 3 is 2.66 bits per heavy atom. The number of nitrogens with zero attached hydrogens (tertiary/aromatic N) is 4. The summed E-state index contributed by atoms with van der Waals surface area (Å²) in [5.41, 5.74) is 0.907. The van der Waals surface area contributed by atoms with E-state index in [9.17, 15) is 19.6 Å². The van der Waals surface area contributed by atoms with Gasteiger partial charge in [0.15, 0.2) is 0 Å². The second-order valence-electron chi connectivity index (χ2n) is 8.62. The number of hydrogen-bond acceptors (Lipinski definition) is 8. The van der Waals surface area contributed by atoms with Crippen LogP contribution in [0.25, 0.3) is 6.08 Å². The lowest BCUT2D eigenvalue weighted by Crippen LogP contribution is -2.43.